The zero-order valence-corrected chi connectivity index (χ0v) is 19.7. The number of nitrogens with zero attached hydrogens (tertiary/aromatic N) is 1. The van der Waals surface area contributed by atoms with Crippen LogP contribution < -0.4 is 10.1 Å². The molecular weight excluding hydrogens is 447 g/mol. The van der Waals surface area contributed by atoms with Gasteiger partial charge in [0.05, 0.1) is 0 Å². The predicted molar refractivity (Wildman–Crippen MR) is 132 cm³/mol. The van der Waals surface area contributed by atoms with Gasteiger partial charge in [0.1, 0.15) is 30.0 Å². The molecule has 2 atom stereocenters. The first-order valence-corrected chi connectivity index (χ1v) is 11.7. The average molecular weight is 477 g/mol. The van der Waals surface area contributed by atoms with Gasteiger partial charge in [-0.1, -0.05) is 30.3 Å². The number of hydrogen-bond donors (Lipinski definition) is 1. The molecule has 0 saturated carbocycles. The van der Waals surface area contributed by atoms with E-state index >= 15 is 0 Å². The van der Waals surface area contributed by atoms with E-state index in [0.717, 1.165) is 12.8 Å². The van der Waals surface area contributed by atoms with E-state index in [-0.39, 0.29) is 30.2 Å². The Morgan fingerprint density at radius 3 is 2.29 bits per heavy atom. The number of ether oxygens (including phenoxy) is 2. The predicted octanol–water partition coefficient (Wildman–Crippen LogP) is 5.05. The van der Waals surface area contributed by atoms with Crippen LogP contribution in [0.4, 0.5) is 10.1 Å². The molecule has 1 heterocycles. The van der Waals surface area contributed by atoms with E-state index in [1.54, 1.807) is 41.3 Å². The van der Waals surface area contributed by atoms with Crippen LogP contribution in [-0.2, 0) is 20.7 Å². The molecule has 6 nitrogen and oxygen atoms in total. The molecule has 0 spiro atoms. The molecule has 1 aliphatic rings. The highest BCUT2D eigenvalue weighted by Crippen LogP contribution is 2.29. The summed E-state index contributed by atoms with van der Waals surface area (Å²) in [7, 11) is 1.48. The Morgan fingerprint density at radius 2 is 1.63 bits per heavy atom. The number of methoxy groups -OCH3 is 1. The highest BCUT2D eigenvalue weighted by molar-refractivity contribution is 5.97. The Balaban J connectivity index is 1.37. The second kappa shape index (κ2) is 11.6. The lowest BCUT2D eigenvalue weighted by atomic mass is 9.97. The minimum absolute atomic E-state index is 0.0510. The Morgan fingerprint density at radius 1 is 0.971 bits per heavy atom. The fraction of sp³-hybridized carbons (Fsp3) is 0.286. The Bertz CT molecular complexity index is 1120. The van der Waals surface area contributed by atoms with Crippen molar-refractivity contribution in [3.05, 3.63) is 90.2 Å². The summed E-state index contributed by atoms with van der Waals surface area (Å²) in [5, 5.41) is 2.92. The van der Waals surface area contributed by atoms with Crippen molar-refractivity contribution in [2.75, 3.05) is 25.6 Å². The van der Waals surface area contributed by atoms with Crippen molar-refractivity contribution in [3.63, 3.8) is 0 Å². The number of carbonyl (C=O) groups is 2. The quantitative estimate of drug-likeness (QED) is 0.469. The van der Waals surface area contributed by atoms with Gasteiger partial charge in [-0.15, -0.1) is 0 Å². The second-order valence-electron chi connectivity index (χ2n) is 8.69. The largest absolute Gasteiger partial charge is 0.457 e. The molecule has 3 aromatic rings. The van der Waals surface area contributed by atoms with Gasteiger partial charge in [0, 0.05) is 19.3 Å². The lowest BCUT2D eigenvalue weighted by Gasteiger charge is -2.23. The summed E-state index contributed by atoms with van der Waals surface area (Å²) in [6, 6.07) is 22.3. The van der Waals surface area contributed by atoms with Crippen molar-refractivity contribution >= 4 is 17.5 Å². The van der Waals surface area contributed by atoms with Gasteiger partial charge in [-0.05, 0) is 79.3 Å². The summed E-state index contributed by atoms with van der Waals surface area (Å²) >= 11 is 0. The van der Waals surface area contributed by atoms with Crippen molar-refractivity contribution in [2.45, 2.75) is 25.3 Å². The Labute approximate surface area is 204 Å². The minimum atomic E-state index is -0.548. The van der Waals surface area contributed by atoms with Crippen LogP contribution in [0.15, 0.2) is 78.9 Å². The van der Waals surface area contributed by atoms with Crippen LogP contribution in [0.3, 0.4) is 0 Å². The maximum absolute atomic E-state index is 13.1. The van der Waals surface area contributed by atoms with Crippen molar-refractivity contribution in [1.29, 1.82) is 0 Å². The van der Waals surface area contributed by atoms with Crippen LogP contribution >= 0.6 is 0 Å². The van der Waals surface area contributed by atoms with Gasteiger partial charge in [-0.3, -0.25) is 9.59 Å². The Hall–Kier alpha value is -3.71. The van der Waals surface area contributed by atoms with E-state index in [4.69, 9.17) is 9.47 Å². The molecule has 7 heteroatoms. The topological polar surface area (TPSA) is 67.9 Å². The highest BCUT2D eigenvalue weighted by atomic mass is 19.1. The van der Waals surface area contributed by atoms with Crippen LogP contribution in [0, 0.1) is 11.7 Å². The molecule has 182 valence electrons. The fourth-order valence-electron chi connectivity index (χ4n) is 4.35. The van der Waals surface area contributed by atoms with Crippen LogP contribution in [0.2, 0.25) is 0 Å². The molecule has 1 aliphatic heterocycles. The number of amides is 2. The van der Waals surface area contributed by atoms with Gasteiger partial charge in [0.15, 0.2) is 0 Å². The molecule has 35 heavy (non-hydrogen) atoms. The maximum Gasteiger partial charge on any atom is 0.249 e. The summed E-state index contributed by atoms with van der Waals surface area (Å²) in [6.07, 6.45) is 2.42. The third-order valence-corrected chi connectivity index (χ3v) is 6.13. The minimum Gasteiger partial charge on any atom is -0.457 e. The first-order valence-electron chi connectivity index (χ1n) is 11.7. The molecule has 2 amide bonds. The molecule has 1 fully saturated rings. The first-order chi connectivity index (χ1) is 17.0. The number of nitrogens with one attached hydrogen (secondary N) is 1. The molecule has 2 unspecified atom stereocenters. The van der Waals surface area contributed by atoms with Crippen LogP contribution in [-0.4, -0.2) is 43.0 Å². The number of halogens is 1. The van der Waals surface area contributed by atoms with E-state index < -0.39 is 6.04 Å². The van der Waals surface area contributed by atoms with Crippen LogP contribution in [0.25, 0.3) is 0 Å². The number of carbonyl (C=O) groups excluding carboxylic acids is 2. The van der Waals surface area contributed by atoms with Gasteiger partial charge in [-0.2, -0.15) is 0 Å². The molecule has 4 rings (SSSR count). The number of likely N-dealkylation sites (tertiary alicyclic amines) is 1. The van der Waals surface area contributed by atoms with E-state index in [9.17, 15) is 14.0 Å². The summed E-state index contributed by atoms with van der Waals surface area (Å²) in [5.41, 5.74) is 1.85. The summed E-state index contributed by atoms with van der Waals surface area (Å²) < 4.78 is 23.8. The lowest BCUT2D eigenvalue weighted by molar-refractivity contribution is -0.139. The fourth-order valence-corrected chi connectivity index (χ4v) is 4.35. The number of benzene rings is 3. The second-order valence-corrected chi connectivity index (χ2v) is 8.69. The molecule has 1 saturated heterocycles. The van der Waals surface area contributed by atoms with E-state index in [1.165, 1.54) is 24.8 Å². The van der Waals surface area contributed by atoms with Gasteiger partial charge in [0.25, 0.3) is 0 Å². The normalized spacial score (nSPS) is 17.3. The smallest absolute Gasteiger partial charge is 0.249 e. The number of hydrogen-bond acceptors (Lipinski definition) is 4. The third kappa shape index (κ3) is 6.67. The van der Waals surface area contributed by atoms with Gasteiger partial charge >= 0.3 is 0 Å². The summed E-state index contributed by atoms with van der Waals surface area (Å²) in [4.78, 5) is 27.4. The molecule has 3 aromatic carbocycles. The molecule has 0 aromatic heterocycles. The SMILES string of the molecule is COCC(=O)N1CC(CCc2ccccc2)CC1C(=O)Nc1ccc(Oc2ccc(F)cc2)cc1. The van der Waals surface area contributed by atoms with Crippen LogP contribution in [0.5, 0.6) is 11.5 Å². The molecule has 0 radical (unpaired) electrons. The number of anilines is 1. The molecular formula is C28H29FN2O4. The maximum atomic E-state index is 13.1. The average Bonchev–Trinajstić information content (AvgIpc) is 3.31. The van der Waals surface area contributed by atoms with E-state index in [1.807, 2.05) is 18.2 Å². The number of aryl methyl sites for hydroxylation is 1. The zero-order chi connectivity index (χ0) is 24.6. The standard InChI is InChI=1S/C28H29FN2O4/c1-34-19-27(32)31-18-21(8-7-20-5-3-2-4-6-20)17-26(31)28(33)30-23-11-15-25(16-12-23)35-24-13-9-22(29)10-14-24/h2-6,9-16,21,26H,7-8,17-19H2,1H3,(H,30,33). The zero-order valence-electron chi connectivity index (χ0n) is 19.7. The van der Waals surface area contributed by atoms with Crippen molar-refractivity contribution < 1.29 is 23.5 Å². The summed E-state index contributed by atoms with van der Waals surface area (Å²) in [5.74, 6) is 0.582. The van der Waals surface area contributed by atoms with Crippen molar-refractivity contribution in [2.24, 2.45) is 5.92 Å². The molecule has 1 N–H and O–H groups in total. The van der Waals surface area contributed by atoms with E-state index in [0.29, 0.717) is 30.2 Å². The van der Waals surface area contributed by atoms with Crippen molar-refractivity contribution in [1.82, 2.24) is 4.90 Å². The van der Waals surface area contributed by atoms with Crippen LogP contribution in [0.1, 0.15) is 18.4 Å². The highest BCUT2D eigenvalue weighted by Gasteiger charge is 2.39. The lowest BCUT2D eigenvalue weighted by Crippen LogP contribution is -2.44. The third-order valence-electron chi connectivity index (χ3n) is 6.13. The Kier molecular flexibility index (Phi) is 8.11. The van der Waals surface area contributed by atoms with Gasteiger partial charge < -0.3 is 19.7 Å². The summed E-state index contributed by atoms with van der Waals surface area (Å²) in [6.45, 7) is 0.488. The molecule has 0 aliphatic carbocycles. The van der Waals surface area contributed by atoms with E-state index in [2.05, 4.69) is 17.4 Å². The molecule has 0 bridgehead atoms. The van der Waals surface area contributed by atoms with Gasteiger partial charge in [-0.25, -0.2) is 4.39 Å². The van der Waals surface area contributed by atoms with Crippen molar-refractivity contribution in [3.8, 4) is 11.5 Å². The van der Waals surface area contributed by atoms with Gasteiger partial charge in [0.2, 0.25) is 11.8 Å². The first kappa shape index (κ1) is 24.4. The monoisotopic (exact) mass is 476 g/mol. The number of rotatable bonds is 9.